The number of anilines is 1. The fraction of sp³-hybridized carbons (Fsp3) is 0.222. The first-order valence-electron chi connectivity index (χ1n) is 7.46. The molecule has 0 fully saturated rings. The van der Waals surface area contributed by atoms with Crippen LogP contribution in [-0.2, 0) is 4.79 Å². The van der Waals surface area contributed by atoms with Gasteiger partial charge in [0, 0.05) is 11.6 Å². The van der Waals surface area contributed by atoms with E-state index in [1.165, 1.54) is 13.0 Å². The minimum atomic E-state index is -0.930. The topological polar surface area (TPSA) is 58.2 Å². The zero-order valence-electron chi connectivity index (χ0n) is 13.4. The first-order chi connectivity index (χ1) is 11.4. The molecule has 0 saturated heterocycles. The normalized spacial score (nSPS) is 11.8. The van der Waals surface area contributed by atoms with Gasteiger partial charge in [-0.05, 0) is 43.7 Å². The van der Waals surface area contributed by atoms with Crippen molar-refractivity contribution in [2.75, 3.05) is 11.9 Å². The van der Waals surface area contributed by atoms with Gasteiger partial charge in [0.2, 0.25) is 5.91 Å². The van der Waals surface area contributed by atoms with Crippen LogP contribution in [0.25, 0.3) is 0 Å². The second-order valence-electron chi connectivity index (χ2n) is 5.43. The van der Waals surface area contributed by atoms with Crippen molar-refractivity contribution in [2.45, 2.75) is 19.9 Å². The van der Waals surface area contributed by atoms with E-state index in [-0.39, 0.29) is 24.3 Å². The number of carbonyl (C=O) groups is 2. The number of carbonyl (C=O) groups excluding carboxylic acids is 2. The summed E-state index contributed by atoms with van der Waals surface area (Å²) >= 11 is 0. The number of amides is 1. The molecule has 0 heterocycles. The third-order valence-corrected chi connectivity index (χ3v) is 3.59. The van der Waals surface area contributed by atoms with Crippen molar-refractivity contribution in [1.82, 2.24) is 5.32 Å². The maximum Gasteiger partial charge on any atom is 0.238 e. The molecule has 126 valence electrons. The predicted molar refractivity (Wildman–Crippen MR) is 87.9 cm³/mol. The van der Waals surface area contributed by atoms with Gasteiger partial charge in [0.25, 0.3) is 0 Å². The fourth-order valence-electron chi connectivity index (χ4n) is 2.24. The molecule has 2 aromatic rings. The Labute approximate surface area is 138 Å². The Balaban J connectivity index is 1.96. The number of ketones is 1. The van der Waals surface area contributed by atoms with Gasteiger partial charge in [0.15, 0.2) is 17.4 Å². The van der Waals surface area contributed by atoms with Crippen LogP contribution in [0.2, 0.25) is 0 Å². The van der Waals surface area contributed by atoms with Gasteiger partial charge in [-0.3, -0.25) is 9.59 Å². The highest BCUT2D eigenvalue weighted by molar-refractivity contribution is 6.04. The van der Waals surface area contributed by atoms with Crippen molar-refractivity contribution in [3.8, 4) is 0 Å². The Morgan fingerprint density at radius 3 is 2.46 bits per heavy atom. The maximum atomic E-state index is 13.2. The number of hydrogen-bond acceptors (Lipinski definition) is 3. The van der Waals surface area contributed by atoms with E-state index in [4.69, 9.17) is 0 Å². The van der Waals surface area contributed by atoms with Gasteiger partial charge in [-0.1, -0.05) is 18.2 Å². The molecule has 0 unspecified atom stereocenters. The van der Waals surface area contributed by atoms with Crippen molar-refractivity contribution < 1.29 is 18.4 Å². The van der Waals surface area contributed by atoms with Gasteiger partial charge in [-0.2, -0.15) is 0 Å². The molecule has 1 amide bonds. The number of rotatable bonds is 6. The van der Waals surface area contributed by atoms with Crippen LogP contribution in [-0.4, -0.2) is 18.2 Å². The highest BCUT2D eigenvalue weighted by atomic mass is 19.2. The SMILES string of the molecule is CC(=O)c1ccccc1NC(=O)CN[C@H](C)c1ccc(F)c(F)c1. The smallest absolute Gasteiger partial charge is 0.238 e. The Bertz CT molecular complexity index is 762. The van der Waals surface area contributed by atoms with Gasteiger partial charge in [-0.25, -0.2) is 8.78 Å². The van der Waals surface area contributed by atoms with Gasteiger partial charge in [0.1, 0.15) is 0 Å². The number of halogens is 2. The second-order valence-corrected chi connectivity index (χ2v) is 5.43. The van der Waals surface area contributed by atoms with Crippen LogP contribution in [0.1, 0.15) is 35.8 Å². The quantitative estimate of drug-likeness (QED) is 0.797. The standard InChI is InChI=1S/C18H18F2N2O2/c1-11(13-7-8-15(19)16(20)9-13)21-10-18(24)22-17-6-4-3-5-14(17)12(2)23/h3-9,11,21H,10H2,1-2H3,(H,22,24)/t11-/m1/s1. The lowest BCUT2D eigenvalue weighted by atomic mass is 10.1. The highest BCUT2D eigenvalue weighted by Crippen LogP contribution is 2.17. The zero-order valence-corrected chi connectivity index (χ0v) is 13.4. The van der Waals surface area contributed by atoms with E-state index in [0.717, 1.165) is 12.1 Å². The molecule has 0 aliphatic rings. The summed E-state index contributed by atoms with van der Waals surface area (Å²) in [6, 6.07) is 9.98. The lowest BCUT2D eigenvalue weighted by Gasteiger charge is -2.15. The summed E-state index contributed by atoms with van der Waals surface area (Å²) in [7, 11) is 0. The molecule has 0 aliphatic carbocycles. The monoisotopic (exact) mass is 332 g/mol. The summed E-state index contributed by atoms with van der Waals surface area (Å²) in [6.07, 6.45) is 0. The summed E-state index contributed by atoms with van der Waals surface area (Å²) in [5.74, 6) is -2.32. The van der Waals surface area contributed by atoms with Crippen LogP contribution in [0.15, 0.2) is 42.5 Å². The largest absolute Gasteiger partial charge is 0.324 e. The van der Waals surface area contributed by atoms with Crippen LogP contribution in [0.5, 0.6) is 0 Å². The molecule has 24 heavy (non-hydrogen) atoms. The summed E-state index contributed by atoms with van der Waals surface area (Å²) in [4.78, 5) is 23.6. The molecule has 2 aromatic carbocycles. The molecule has 4 nitrogen and oxygen atoms in total. The van der Waals surface area contributed by atoms with Crippen LogP contribution in [0.3, 0.4) is 0 Å². The van der Waals surface area contributed by atoms with Gasteiger partial charge in [0.05, 0.1) is 12.2 Å². The lowest BCUT2D eigenvalue weighted by Crippen LogP contribution is -2.30. The zero-order chi connectivity index (χ0) is 17.7. The van der Waals surface area contributed by atoms with Gasteiger partial charge >= 0.3 is 0 Å². The molecule has 0 saturated carbocycles. The van der Waals surface area contributed by atoms with Crippen molar-refractivity contribution in [2.24, 2.45) is 0 Å². The molecule has 0 bridgehead atoms. The van der Waals surface area contributed by atoms with E-state index < -0.39 is 11.6 Å². The molecule has 0 aliphatic heterocycles. The number of Topliss-reactive ketones (excluding diaryl/α,β-unsaturated/α-hetero) is 1. The minimum absolute atomic E-state index is 0.0353. The summed E-state index contributed by atoms with van der Waals surface area (Å²) in [6.45, 7) is 3.13. The van der Waals surface area contributed by atoms with E-state index in [9.17, 15) is 18.4 Å². The molecule has 0 radical (unpaired) electrons. The molecular formula is C18H18F2N2O2. The number of benzene rings is 2. The molecule has 2 rings (SSSR count). The second kappa shape index (κ2) is 7.79. The maximum absolute atomic E-state index is 13.2. The summed E-state index contributed by atoms with van der Waals surface area (Å²) in [5, 5.41) is 5.59. The molecular weight excluding hydrogens is 314 g/mol. The first-order valence-corrected chi connectivity index (χ1v) is 7.46. The van der Waals surface area contributed by atoms with Crippen molar-refractivity contribution >= 4 is 17.4 Å². The molecule has 0 aromatic heterocycles. The molecule has 2 N–H and O–H groups in total. The van der Waals surface area contributed by atoms with Crippen LogP contribution >= 0.6 is 0 Å². The van der Waals surface area contributed by atoms with Gasteiger partial charge in [-0.15, -0.1) is 0 Å². The van der Waals surface area contributed by atoms with Crippen LogP contribution < -0.4 is 10.6 Å². The highest BCUT2D eigenvalue weighted by Gasteiger charge is 2.12. The first kappa shape index (κ1) is 17.7. The van der Waals surface area contributed by atoms with Gasteiger partial charge < -0.3 is 10.6 Å². The third-order valence-electron chi connectivity index (χ3n) is 3.59. The van der Waals surface area contributed by atoms with E-state index in [1.54, 1.807) is 31.2 Å². The third kappa shape index (κ3) is 4.45. The fourth-order valence-corrected chi connectivity index (χ4v) is 2.24. The predicted octanol–water partition coefficient (Wildman–Crippen LogP) is 3.46. The molecule has 0 spiro atoms. The van der Waals surface area contributed by atoms with Crippen molar-refractivity contribution in [3.05, 3.63) is 65.2 Å². The Hall–Kier alpha value is -2.60. The van der Waals surface area contributed by atoms with Crippen LogP contribution in [0, 0.1) is 11.6 Å². The average Bonchev–Trinajstić information content (AvgIpc) is 2.55. The molecule has 1 atom stereocenters. The van der Waals surface area contributed by atoms with Crippen molar-refractivity contribution in [1.29, 1.82) is 0 Å². The Morgan fingerprint density at radius 1 is 1.08 bits per heavy atom. The van der Waals surface area contributed by atoms with Crippen LogP contribution in [0.4, 0.5) is 14.5 Å². The molecule has 6 heteroatoms. The van der Waals surface area contributed by atoms with E-state index in [1.807, 2.05) is 0 Å². The summed E-state index contributed by atoms with van der Waals surface area (Å²) in [5.41, 5.74) is 1.41. The lowest BCUT2D eigenvalue weighted by molar-refractivity contribution is -0.115. The van der Waals surface area contributed by atoms with E-state index in [2.05, 4.69) is 10.6 Å². The Morgan fingerprint density at radius 2 is 1.79 bits per heavy atom. The Kier molecular flexibility index (Phi) is 5.76. The number of nitrogens with one attached hydrogen (secondary N) is 2. The average molecular weight is 332 g/mol. The van der Waals surface area contributed by atoms with E-state index in [0.29, 0.717) is 16.8 Å². The number of para-hydroxylation sites is 1. The van der Waals surface area contributed by atoms with E-state index >= 15 is 0 Å². The summed E-state index contributed by atoms with van der Waals surface area (Å²) < 4.78 is 26.2. The number of hydrogen-bond donors (Lipinski definition) is 2. The minimum Gasteiger partial charge on any atom is -0.324 e. The van der Waals surface area contributed by atoms with Crippen molar-refractivity contribution in [3.63, 3.8) is 0 Å².